The molecule has 0 saturated carbocycles. The Morgan fingerprint density at radius 2 is 1.06 bits per heavy atom. The molecule has 11 rings (SSSR count). The number of hydrogen-bond donors (Lipinski definition) is 2. The molecule has 0 aromatic heterocycles. The first-order valence-corrected chi connectivity index (χ1v) is 25.1. The van der Waals surface area contributed by atoms with Crippen LogP contribution in [0.15, 0.2) is 200 Å². The number of para-hydroxylation sites is 4. The van der Waals surface area contributed by atoms with Crippen LogP contribution < -0.4 is 30.1 Å². The standard InChI is InChI=1S/C63H61N7O/c1-6-45-43-67(49-37-35-48(36-38-49)66-40-39-63(4,5)41-56(66)71)64-60-57(45)58(46-27-31-54(32-28-46)69(50-19-11-7-12-20-50)51-21-13-8-14-22-51)61-62(68(65-61)42-44(2)3)59(60)47-29-33-55(34-30-47)70(52-23-15-9-16-24-52)53-25-17-10-18-26-53/h6-38,44,64,68H,39-43H2,1-5H3/b45-6-. The molecule has 1 fully saturated rings. The first-order chi connectivity index (χ1) is 34.6. The third-order valence-electron chi connectivity index (χ3n) is 14.2. The number of nitrogens with one attached hydrogen (secondary N) is 2. The van der Waals surface area contributed by atoms with Gasteiger partial charge in [0.15, 0.2) is 0 Å². The molecule has 3 heterocycles. The van der Waals surface area contributed by atoms with E-state index in [9.17, 15) is 4.79 Å². The molecule has 8 aromatic rings. The van der Waals surface area contributed by atoms with Gasteiger partial charge in [0.25, 0.3) is 0 Å². The summed E-state index contributed by atoms with van der Waals surface area (Å²) < 4.78 is 0. The van der Waals surface area contributed by atoms with E-state index in [0.29, 0.717) is 18.9 Å². The fourth-order valence-corrected chi connectivity index (χ4v) is 10.6. The molecule has 0 radical (unpaired) electrons. The number of benzene rings is 8. The molecule has 8 heteroatoms. The SMILES string of the molecule is C/C=C1/CN(c2ccc(N3CCC(C)(C)CC3=O)cc2)Nc2c1c(-c1ccc(N(c3ccccc3)c3ccccc3)cc1)c1c(c2-c2ccc(N(c3ccccc3)c3ccccc3)cc2)[NH+](CC(C)C)[N-]1. The van der Waals surface area contributed by atoms with Crippen LogP contribution in [0.1, 0.15) is 53.0 Å². The van der Waals surface area contributed by atoms with Crippen LogP contribution in [0.25, 0.3) is 33.3 Å². The number of carbonyl (C=O) groups excluding carboxylic acids is 1. The number of carbonyl (C=O) groups is 1. The molecule has 3 aliphatic heterocycles. The summed E-state index contributed by atoms with van der Waals surface area (Å²) in [6.07, 6.45) is 3.81. The van der Waals surface area contributed by atoms with Crippen LogP contribution >= 0.6 is 0 Å². The van der Waals surface area contributed by atoms with Crippen molar-refractivity contribution in [3.05, 3.63) is 211 Å². The van der Waals surface area contributed by atoms with E-state index in [0.717, 1.165) is 109 Å². The first kappa shape index (κ1) is 45.4. The molecule has 3 aliphatic rings. The van der Waals surface area contributed by atoms with Crippen LogP contribution in [0.3, 0.4) is 0 Å². The summed E-state index contributed by atoms with van der Waals surface area (Å²) in [5.41, 5.74) is 28.3. The van der Waals surface area contributed by atoms with Gasteiger partial charge in [0.2, 0.25) is 5.91 Å². The highest BCUT2D eigenvalue weighted by Crippen LogP contribution is 2.57. The van der Waals surface area contributed by atoms with Crippen LogP contribution in [-0.2, 0) is 4.79 Å². The fraction of sp³-hybridized carbons (Fsp3) is 0.190. The number of allylic oxidation sites excluding steroid dienone is 1. The van der Waals surface area contributed by atoms with Crippen LogP contribution in [0.2, 0.25) is 0 Å². The molecule has 2 N–H and O–H groups in total. The highest BCUT2D eigenvalue weighted by atomic mass is 16.2. The lowest BCUT2D eigenvalue weighted by Crippen LogP contribution is -3.07. The second kappa shape index (κ2) is 19.0. The maximum atomic E-state index is 13.4. The van der Waals surface area contributed by atoms with Crippen molar-refractivity contribution >= 4 is 74.0 Å². The number of fused-ring (bicyclic) bond motifs is 2. The Morgan fingerprint density at radius 1 is 0.606 bits per heavy atom. The first-order valence-electron chi connectivity index (χ1n) is 25.1. The Labute approximate surface area is 419 Å². The van der Waals surface area contributed by atoms with Crippen LogP contribution in [0.5, 0.6) is 0 Å². The summed E-state index contributed by atoms with van der Waals surface area (Å²) >= 11 is 0. The van der Waals surface area contributed by atoms with Crippen molar-refractivity contribution in [2.24, 2.45) is 11.3 Å². The molecular formula is C63H61N7O. The highest BCUT2D eigenvalue weighted by molar-refractivity contribution is 6.11. The van der Waals surface area contributed by atoms with Crippen LogP contribution in [-0.4, -0.2) is 25.5 Å². The largest absolute Gasteiger partial charge is 0.478 e. The average Bonchev–Trinajstić information content (AvgIpc) is 3.39. The molecule has 0 spiro atoms. The van der Waals surface area contributed by atoms with E-state index in [-0.39, 0.29) is 11.3 Å². The Bertz CT molecular complexity index is 3110. The summed E-state index contributed by atoms with van der Waals surface area (Å²) in [5, 5.41) is 3.39. The second-order valence-electron chi connectivity index (χ2n) is 20.2. The number of anilines is 9. The van der Waals surface area contributed by atoms with Crippen molar-refractivity contribution in [2.75, 3.05) is 44.8 Å². The highest BCUT2D eigenvalue weighted by Gasteiger charge is 2.37. The molecule has 71 heavy (non-hydrogen) atoms. The summed E-state index contributed by atoms with van der Waals surface area (Å²) in [6.45, 7) is 13.3. The maximum Gasteiger partial charge on any atom is 0.227 e. The van der Waals surface area contributed by atoms with Crippen molar-refractivity contribution in [1.29, 1.82) is 0 Å². The van der Waals surface area contributed by atoms with Gasteiger partial charge in [-0.25, -0.2) is 0 Å². The zero-order valence-electron chi connectivity index (χ0n) is 41.3. The summed E-state index contributed by atoms with van der Waals surface area (Å²) in [5.74, 6) is 0.599. The predicted octanol–water partition coefficient (Wildman–Crippen LogP) is 15.5. The van der Waals surface area contributed by atoms with E-state index >= 15 is 0 Å². The Hall–Kier alpha value is -8.07. The monoisotopic (exact) mass is 931 g/mol. The van der Waals surface area contributed by atoms with Gasteiger partial charge >= 0.3 is 0 Å². The molecule has 1 unspecified atom stereocenters. The molecule has 0 bridgehead atoms. The molecule has 354 valence electrons. The van der Waals surface area contributed by atoms with Gasteiger partial charge in [-0.05, 0) is 144 Å². The number of hydrogen-bond acceptors (Lipinski definition) is 5. The van der Waals surface area contributed by atoms with Gasteiger partial charge < -0.3 is 25.1 Å². The third kappa shape index (κ3) is 8.81. The lowest BCUT2D eigenvalue weighted by Gasteiger charge is -2.50. The Balaban J connectivity index is 1.06. The second-order valence-corrected chi connectivity index (χ2v) is 20.2. The van der Waals surface area contributed by atoms with Crippen molar-refractivity contribution in [1.82, 2.24) is 0 Å². The van der Waals surface area contributed by atoms with E-state index in [4.69, 9.17) is 5.43 Å². The number of piperidine rings is 1. The predicted molar refractivity (Wildman–Crippen MR) is 296 cm³/mol. The zero-order chi connectivity index (χ0) is 48.6. The molecule has 8 aromatic carbocycles. The quantitative estimate of drug-likeness (QED) is 0.128. The van der Waals surface area contributed by atoms with Crippen LogP contribution in [0.4, 0.5) is 62.6 Å². The molecule has 8 nitrogen and oxygen atoms in total. The molecule has 0 aliphatic carbocycles. The third-order valence-corrected chi connectivity index (χ3v) is 14.2. The Kier molecular flexibility index (Phi) is 12.2. The van der Waals surface area contributed by atoms with Crippen molar-refractivity contribution < 1.29 is 9.80 Å². The van der Waals surface area contributed by atoms with Gasteiger partial charge in [-0.15, -0.1) is 0 Å². The Morgan fingerprint density at radius 3 is 1.51 bits per heavy atom. The number of quaternary nitrogens is 1. The summed E-state index contributed by atoms with van der Waals surface area (Å²) in [7, 11) is 0. The summed E-state index contributed by atoms with van der Waals surface area (Å²) in [4.78, 5) is 19.9. The van der Waals surface area contributed by atoms with Gasteiger partial charge in [0, 0.05) is 64.3 Å². The fourth-order valence-electron chi connectivity index (χ4n) is 10.6. The van der Waals surface area contributed by atoms with E-state index in [2.05, 4.69) is 255 Å². The lowest BCUT2D eigenvalue weighted by molar-refractivity contribution is -0.805. The molecule has 1 saturated heterocycles. The topological polar surface area (TPSA) is 60.6 Å². The lowest BCUT2D eigenvalue weighted by atomic mass is 9.82. The normalized spacial score (nSPS) is 16.4. The minimum Gasteiger partial charge on any atom is -0.478 e. The van der Waals surface area contributed by atoms with Crippen molar-refractivity contribution in [2.45, 2.75) is 47.5 Å². The molecular weight excluding hydrogens is 871 g/mol. The van der Waals surface area contributed by atoms with Crippen molar-refractivity contribution in [3.8, 4) is 22.3 Å². The van der Waals surface area contributed by atoms with E-state index < -0.39 is 0 Å². The van der Waals surface area contributed by atoms with E-state index in [1.54, 1.807) is 0 Å². The van der Waals surface area contributed by atoms with Crippen LogP contribution in [0, 0.1) is 11.3 Å². The van der Waals surface area contributed by atoms with Gasteiger partial charge in [-0.1, -0.05) is 131 Å². The smallest absolute Gasteiger partial charge is 0.227 e. The van der Waals surface area contributed by atoms with Gasteiger partial charge in [-0.3, -0.25) is 15.2 Å². The van der Waals surface area contributed by atoms with Crippen molar-refractivity contribution in [3.63, 3.8) is 0 Å². The van der Waals surface area contributed by atoms with E-state index in [1.807, 2.05) is 4.90 Å². The van der Waals surface area contributed by atoms with Gasteiger partial charge in [-0.2, -0.15) is 0 Å². The minimum atomic E-state index is 0.0231. The van der Waals surface area contributed by atoms with E-state index in [1.165, 1.54) is 11.3 Å². The zero-order valence-corrected chi connectivity index (χ0v) is 41.3. The molecule has 1 amide bonds. The van der Waals surface area contributed by atoms with Gasteiger partial charge in [0.1, 0.15) is 5.69 Å². The molecule has 1 atom stereocenters. The van der Waals surface area contributed by atoms with Gasteiger partial charge in [0.05, 0.1) is 30.0 Å². The number of rotatable bonds is 12. The summed E-state index contributed by atoms with van der Waals surface area (Å²) in [6, 6.07) is 68.9. The maximum absolute atomic E-state index is 13.4. The average molecular weight is 932 g/mol. The number of amides is 1. The number of hydrazine groups is 1. The minimum absolute atomic E-state index is 0.0231. The number of nitrogens with zero attached hydrogens (tertiary/aromatic N) is 5.